The zero-order valence-electron chi connectivity index (χ0n) is 13.9. The third-order valence-corrected chi connectivity index (χ3v) is 3.87. The number of β-amino-alcohol motifs (C(OH)–C–C–N with tert-alkyl or cyclic N) is 1. The van der Waals surface area contributed by atoms with Gasteiger partial charge in [0, 0.05) is 6.54 Å². The molecule has 1 atom stereocenters. The van der Waals surface area contributed by atoms with Gasteiger partial charge in [0.05, 0.1) is 0 Å². The fourth-order valence-electron chi connectivity index (χ4n) is 2.73. The lowest BCUT2D eigenvalue weighted by atomic mass is 10.3. The molecule has 2 aromatic rings. The molecule has 0 bridgehead atoms. The minimum absolute atomic E-state index is 0.178. The molecule has 0 radical (unpaired) electrons. The first-order valence-corrected chi connectivity index (χ1v) is 8.25. The largest absolute Gasteiger partial charge is 0.487 e. The van der Waals surface area contributed by atoms with E-state index in [0.29, 0.717) is 29.8 Å². The van der Waals surface area contributed by atoms with Crippen LogP contribution in [0.1, 0.15) is 24.6 Å². The van der Waals surface area contributed by atoms with Gasteiger partial charge in [-0.1, -0.05) is 17.3 Å². The van der Waals surface area contributed by atoms with Gasteiger partial charge >= 0.3 is 0 Å². The highest BCUT2D eigenvalue weighted by Crippen LogP contribution is 2.27. The number of rotatable bonds is 8. The van der Waals surface area contributed by atoms with Gasteiger partial charge in [-0.15, -0.1) is 0 Å². The van der Waals surface area contributed by atoms with E-state index < -0.39 is 6.10 Å². The van der Waals surface area contributed by atoms with Crippen molar-refractivity contribution in [2.45, 2.75) is 32.5 Å². The number of ether oxygens (including phenoxy) is 2. The molecule has 3 rings (SSSR count). The van der Waals surface area contributed by atoms with Crippen molar-refractivity contribution in [3.8, 4) is 11.5 Å². The number of aliphatic hydroxyl groups excluding tert-OH is 1. The summed E-state index contributed by atoms with van der Waals surface area (Å²) in [7, 11) is 0. The minimum atomic E-state index is -0.519. The van der Waals surface area contributed by atoms with Crippen LogP contribution in [0.25, 0.3) is 0 Å². The van der Waals surface area contributed by atoms with Gasteiger partial charge in [-0.2, -0.15) is 4.98 Å². The number of benzene rings is 1. The summed E-state index contributed by atoms with van der Waals surface area (Å²) in [6.45, 7) is 4.92. The topological polar surface area (TPSA) is 80.9 Å². The van der Waals surface area contributed by atoms with Crippen molar-refractivity contribution in [1.82, 2.24) is 15.0 Å². The Hall–Kier alpha value is -2.12. The van der Waals surface area contributed by atoms with Crippen LogP contribution in [0.15, 0.2) is 28.8 Å². The fraction of sp³-hybridized carbons (Fsp3) is 0.529. The standard InChI is InChI=1S/C17H23N3O4/c1-13-18-17(24-19-13)12-23-16-7-3-2-6-15(16)22-11-14(21)10-20-8-4-5-9-20/h2-3,6-7,14,21H,4-5,8-12H2,1H3/t14-/m1/s1. The first kappa shape index (κ1) is 16.7. The average molecular weight is 333 g/mol. The van der Waals surface area contributed by atoms with E-state index in [9.17, 15) is 5.11 Å². The van der Waals surface area contributed by atoms with Crippen LogP contribution < -0.4 is 9.47 Å². The summed E-state index contributed by atoms with van der Waals surface area (Å²) in [4.78, 5) is 6.36. The predicted molar refractivity (Wildman–Crippen MR) is 87.0 cm³/mol. The third kappa shape index (κ3) is 4.69. The zero-order valence-corrected chi connectivity index (χ0v) is 13.9. The van der Waals surface area contributed by atoms with E-state index in [4.69, 9.17) is 14.0 Å². The summed E-state index contributed by atoms with van der Waals surface area (Å²) in [6.07, 6.45) is 1.90. The van der Waals surface area contributed by atoms with E-state index in [1.54, 1.807) is 6.92 Å². The Kier molecular flexibility index (Phi) is 5.66. The second kappa shape index (κ2) is 8.12. The van der Waals surface area contributed by atoms with Gasteiger partial charge in [0.15, 0.2) is 23.9 Å². The van der Waals surface area contributed by atoms with Gasteiger partial charge in [-0.05, 0) is 45.0 Å². The molecule has 1 aliphatic heterocycles. The highest BCUT2D eigenvalue weighted by Gasteiger charge is 2.17. The Morgan fingerprint density at radius 1 is 1.21 bits per heavy atom. The van der Waals surface area contributed by atoms with E-state index >= 15 is 0 Å². The SMILES string of the molecule is Cc1noc(COc2ccccc2OC[C@H](O)CN2CCCC2)n1. The molecular weight excluding hydrogens is 310 g/mol. The fourth-order valence-corrected chi connectivity index (χ4v) is 2.73. The highest BCUT2D eigenvalue weighted by molar-refractivity contribution is 5.39. The number of aromatic nitrogens is 2. The molecule has 2 heterocycles. The van der Waals surface area contributed by atoms with E-state index in [-0.39, 0.29) is 13.2 Å². The number of aryl methyl sites for hydroxylation is 1. The second-order valence-corrected chi connectivity index (χ2v) is 5.94. The summed E-state index contributed by atoms with van der Waals surface area (Å²) in [5, 5.41) is 13.9. The van der Waals surface area contributed by atoms with Crippen LogP contribution in [0.3, 0.4) is 0 Å². The Morgan fingerprint density at radius 3 is 2.58 bits per heavy atom. The Morgan fingerprint density at radius 2 is 1.92 bits per heavy atom. The maximum atomic E-state index is 10.1. The molecule has 0 saturated carbocycles. The average Bonchev–Trinajstić information content (AvgIpc) is 3.23. The summed E-state index contributed by atoms with van der Waals surface area (Å²) in [5.74, 6) is 2.16. The monoisotopic (exact) mass is 333 g/mol. The van der Waals surface area contributed by atoms with E-state index in [1.165, 1.54) is 12.8 Å². The highest BCUT2D eigenvalue weighted by atomic mass is 16.5. The normalized spacial score (nSPS) is 16.2. The molecule has 1 fully saturated rings. The zero-order chi connectivity index (χ0) is 16.8. The number of hydrogen-bond acceptors (Lipinski definition) is 7. The first-order valence-electron chi connectivity index (χ1n) is 8.25. The molecule has 1 saturated heterocycles. The molecule has 7 heteroatoms. The minimum Gasteiger partial charge on any atom is -0.487 e. The molecule has 0 spiro atoms. The predicted octanol–water partition coefficient (Wildman–Crippen LogP) is 1.79. The van der Waals surface area contributed by atoms with Gasteiger partial charge in [-0.25, -0.2) is 0 Å². The Labute approximate surface area is 141 Å². The quantitative estimate of drug-likeness (QED) is 0.789. The first-order chi connectivity index (χ1) is 11.7. The number of para-hydroxylation sites is 2. The molecule has 1 aromatic carbocycles. The van der Waals surface area contributed by atoms with Crippen LogP contribution in [0, 0.1) is 6.92 Å². The molecule has 1 N–H and O–H groups in total. The number of aliphatic hydroxyl groups is 1. The van der Waals surface area contributed by atoms with Gasteiger partial charge in [0.25, 0.3) is 5.89 Å². The van der Waals surface area contributed by atoms with E-state index in [1.807, 2.05) is 24.3 Å². The van der Waals surface area contributed by atoms with Crippen molar-refractivity contribution >= 4 is 0 Å². The maximum absolute atomic E-state index is 10.1. The number of hydrogen-bond donors (Lipinski definition) is 1. The summed E-state index contributed by atoms with van der Waals surface area (Å²) in [5.41, 5.74) is 0. The van der Waals surface area contributed by atoms with Crippen LogP contribution in [0.4, 0.5) is 0 Å². The van der Waals surface area contributed by atoms with Crippen LogP contribution in [-0.2, 0) is 6.61 Å². The lowest BCUT2D eigenvalue weighted by Crippen LogP contribution is -2.33. The van der Waals surface area contributed by atoms with Gasteiger partial charge < -0.3 is 24.0 Å². The molecule has 24 heavy (non-hydrogen) atoms. The van der Waals surface area contributed by atoms with Crippen molar-refractivity contribution < 1.29 is 19.1 Å². The van der Waals surface area contributed by atoms with E-state index in [0.717, 1.165) is 13.1 Å². The second-order valence-electron chi connectivity index (χ2n) is 5.94. The molecule has 0 amide bonds. The lowest BCUT2D eigenvalue weighted by molar-refractivity contribution is 0.0740. The molecular formula is C17H23N3O4. The van der Waals surface area contributed by atoms with Crippen molar-refractivity contribution in [2.24, 2.45) is 0 Å². The van der Waals surface area contributed by atoms with Crippen molar-refractivity contribution in [2.75, 3.05) is 26.2 Å². The van der Waals surface area contributed by atoms with Gasteiger partial charge in [-0.3, -0.25) is 0 Å². The third-order valence-electron chi connectivity index (χ3n) is 3.87. The Bertz CT molecular complexity index is 640. The van der Waals surface area contributed by atoms with Crippen molar-refractivity contribution in [1.29, 1.82) is 0 Å². The van der Waals surface area contributed by atoms with Crippen molar-refractivity contribution in [3.05, 3.63) is 36.0 Å². The molecule has 130 valence electrons. The van der Waals surface area contributed by atoms with Crippen LogP contribution in [0.2, 0.25) is 0 Å². The van der Waals surface area contributed by atoms with Crippen LogP contribution in [-0.4, -0.2) is 52.5 Å². The molecule has 7 nitrogen and oxygen atoms in total. The summed E-state index contributed by atoms with van der Waals surface area (Å²) < 4.78 is 16.4. The van der Waals surface area contributed by atoms with Crippen LogP contribution >= 0.6 is 0 Å². The molecule has 1 aromatic heterocycles. The maximum Gasteiger partial charge on any atom is 0.264 e. The number of likely N-dealkylation sites (tertiary alicyclic amines) is 1. The summed E-state index contributed by atoms with van der Waals surface area (Å²) in [6, 6.07) is 7.36. The molecule has 0 aliphatic carbocycles. The molecule has 0 unspecified atom stereocenters. The smallest absolute Gasteiger partial charge is 0.264 e. The van der Waals surface area contributed by atoms with Gasteiger partial charge in [0.2, 0.25) is 0 Å². The molecule has 1 aliphatic rings. The summed E-state index contributed by atoms with van der Waals surface area (Å²) >= 11 is 0. The van der Waals surface area contributed by atoms with Gasteiger partial charge in [0.1, 0.15) is 12.7 Å². The lowest BCUT2D eigenvalue weighted by Gasteiger charge is -2.20. The Balaban J connectivity index is 1.51. The van der Waals surface area contributed by atoms with E-state index in [2.05, 4.69) is 15.0 Å². The van der Waals surface area contributed by atoms with Crippen LogP contribution in [0.5, 0.6) is 11.5 Å². The van der Waals surface area contributed by atoms with Crippen molar-refractivity contribution in [3.63, 3.8) is 0 Å². The number of nitrogens with zero attached hydrogens (tertiary/aromatic N) is 3.